The molecular weight excluding hydrogens is 218 g/mol. The highest BCUT2D eigenvalue weighted by molar-refractivity contribution is 6.06. The van der Waals surface area contributed by atoms with Gasteiger partial charge in [0, 0.05) is 16.5 Å². The lowest BCUT2D eigenvalue weighted by Gasteiger charge is -2.05. The van der Waals surface area contributed by atoms with Gasteiger partial charge in [0.1, 0.15) is 0 Å². The van der Waals surface area contributed by atoms with Crippen LogP contribution in [0.1, 0.15) is 5.69 Å². The Morgan fingerprint density at radius 3 is 2.06 bits per heavy atom. The molecule has 0 N–H and O–H groups in total. The molecule has 1 aromatic heterocycles. The molecule has 0 unspecified atom stereocenters. The highest BCUT2D eigenvalue weighted by Gasteiger charge is 2.02. The predicted octanol–water partition coefficient (Wildman–Crippen LogP) is 4.12. The van der Waals surface area contributed by atoms with Crippen molar-refractivity contribution in [2.45, 2.75) is 6.92 Å². The zero-order chi connectivity index (χ0) is 10.3. The van der Waals surface area contributed by atoms with Gasteiger partial charge in [-0.15, -0.1) is 12.4 Å². The number of pyridine rings is 1. The standard InChI is InChI=1S/C14H11N.ClH/c1-10-11-6-2-3-7-12(11)13-8-4-5-9-14(13)15-10;/h2-9H,1H3;1H. The van der Waals surface area contributed by atoms with Crippen LogP contribution in [-0.2, 0) is 0 Å². The summed E-state index contributed by atoms with van der Waals surface area (Å²) in [5.74, 6) is 0. The number of benzene rings is 2. The van der Waals surface area contributed by atoms with E-state index in [1.165, 1.54) is 16.2 Å². The van der Waals surface area contributed by atoms with Crippen molar-refractivity contribution >= 4 is 34.1 Å². The Balaban J connectivity index is 0.000000963. The van der Waals surface area contributed by atoms with Gasteiger partial charge in [0.25, 0.3) is 0 Å². The van der Waals surface area contributed by atoms with Crippen molar-refractivity contribution in [1.82, 2.24) is 4.98 Å². The topological polar surface area (TPSA) is 12.9 Å². The van der Waals surface area contributed by atoms with E-state index >= 15 is 0 Å². The Kier molecular flexibility index (Phi) is 2.80. The molecule has 0 spiro atoms. The van der Waals surface area contributed by atoms with E-state index in [1.807, 2.05) is 6.07 Å². The minimum absolute atomic E-state index is 0. The maximum atomic E-state index is 4.60. The van der Waals surface area contributed by atoms with Crippen LogP contribution in [-0.4, -0.2) is 4.98 Å². The fourth-order valence-electron chi connectivity index (χ4n) is 2.07. The van der Waals surface area contributed by atoms with E-state index in [9.17, 15) is 0 Å². The largest absolute Gasteiger partial charge is 0.252 e. The molecule has 0 radical (unpaired) electrons. The quantitative estimate of drug-likeness (QED) is 0.529. The first-order valence-electron chi connectivity index (χ1n) is 5.10. The molecule has 1 nitrogen and oxygen atoms in total. The maximum absolute atomic E-state index is 4.60. The Morgan fingerprint density at radius 2 is 1.31 bits per heavy atom. The molecule has 0 amide bonds. The number of halogens is 1. The molecule has 2 aromatic carbocycles. The van der Waals surface area contributed by atoms with Crippen LogP contribution < -0.4 is 0 Å². The Labute approximate surface area is 101 Å². The Hall–Kier alpha value is -1.60. The first kappa shape index (κ1) is 10.9. The lowest BCUT2D eigenvalue weighted by atomic mass is 10.0. The number of hydrogen-bond donors (Lipinski definition) is 0. The average molecular weight is 230 g/mol. The highest BCUT2D eigenvalue weighted by Crippen LogP contribution is 2.25. The maximum Gasteiger partial charge on any atom is 0.0711 e. The van der Waals surface area contributed by atoms with Crippen LogP contribution in [0.3, 0.4) is 0 Å². The molecule has 3 aromatic rings. The van der Waals surface area contributed by atoms with Crippen molar-refractivity contribution in [3.8, 4) is 0 Å². The Morgan fingerprint density at radius 1 is 0.750 bits per heavy atom. The number of rotatable bonds is 0. The van der Waals surface area contributed by atoms with Gasteiger partial charge in [-0.1, -0.05) is 42.5 Å². The van der Waals surface area contributed by atoms with E-state index in [-0.39, 0.29) is 12.4 Å². The summed E-state index contributed by atoms with van der Waals surface area (Å²) in [7, 11) is 0. The van der Waals surface area contributed by atoms with Crippen LogP contribution in [0.4, 0.5) is 0 Å². The molecule has 0 fully saturated rings. The summed E-state index contributed by atoms with van der Waals surface area (Å²) >= 11 is 0. The number of para-hydroxylation sites is 1. The SMILES string of the molecule is Cc1nc2ccccc2c2ccccc12.Cl. The second-order valence-corrected chi connectivity index (χ2v) is 3.76. The molecule has 80 valence electrons. The van der Waals surface area contributed by atoms with Gasteiger partial charge in [-0.05, 0) is 18.4 Å². The number of fused-ring (bicyclic) bond motifs is 3. The second kappa shape index (κ2) is 4.11. The van der Waals surface area contributed by atoms with Crippen molar-refractivity contribution in [3.05, 3.63) is 54.2 Å². The van der Waals surface area contributed by atoms with Crippen molar-refractivity contribution in [3.63, 3.8) is 0 Å². The van der Waals surface area contributed by atoms with E-state index < -0.39 is 0 Å². The van der Waals surface area contributed by atoms with Crippen molar-refractivity contribution in [2.24, 2.45) is 0 Å². The fourth-order valence-corrected chi connectivity index (χ4v) is 2.07. The molecule has 0 bridgehead atoms. The third-order valence-electron chi connectivity index (χ3n) is 2.80. The molecule has 0 saturated heterocycles. The number of aryl methyl sites for hydroxylation is 1. The van der Waals surface area contributed by atoms with E-state index in [1.54, 1.807) is 0 Å². The van der Waals surface area contributed by atoms with Gasteiger partial charge in [-0.3, -0.25) is 4.98 Å². The lowest BCUT2D eigenvalue weighted by Crippen LogP contribution is -1.86. The zero-order valence-corrected chi connectivity index (χ0v) is 9.79. The molecule has 0 atom stereocenters. The molecule has 0 saturated carbocycles. The van der Waals surface area contributed by atoms with Crippen LogP contribution in [0, 0.1) is 6.92 Å². The molecule has 0 aliphatic rings. The number of hydrogen-bond acceptors (Lipinski definition) is 1. The molecule has 3 rings (SSSR count). The lowest BCUT2D eigenvalue weighted by molar-refractivity contribution is 1.29. The monoisotopic (exact) mass is 229 g/mol. The van der Waals surface area contributed by atoms with Crippen molar-refractivity contribution in [1.29, 1.82) is 0 Å². The normalized spacial score (nSPS) is 10.3. The minimum Gasteiger partial charge on any atom is -0.252 e. The summed E-state index contributed by atoms with van der Waals surface area (Å²) in [4.78, 5) is 4.60. The van der Waals surface area contributed by atoms with E-state index in [0.29, 0.717) is 0 Å². The van der Waals surface area contributed by atoms with Crippen LogP contribution in [0.15, 0.2) is 48.5 Å². The number of nitrogens with zero attached hydrogens (tertiary/aromatic N) is 1. The van der Waals surface area contributed by atoms with E-state index in [4.69, 9.17) is 0 Å². The molecule has 2 heteroatoms. The van der Waals surface area contributed by atoms with Crippen molar-refractivity contribution < 1.29 is 0 Å². The second-order valence-electron chi connectivity index (χ2n) is 3.76. The molecule has 1 heterocycles. The molecule has 0 aliphatic heterocycles. The fraction of sp³-hybridized carbons (Fsp3) is 0.0714. The summed E-state index contributed by atoms with van der Waals surface area (Å²) in [5, 5.41) is 3.77. The van der Waals surface area contributed by atoms with Crippen LogP contribution >= 0.6 is 12.4 Å². The first-order valence-corrected chi connectivity index (χ1v) is 5.10. The summed E-state index contributed by atoms with van der Waals surface area (Å²) in [6.07, 6.45) is 0. The van der Waals surface area contributed by atoms with Gasteiger partial charge < -0.3 is 0 Å². The summed E-state index contributed by atoms with van der Waals surface area (Å²) in [6.45, 7) is 2.06. The third-order valence-corrected chi connectivity index (χ3v) is 2.80. The summed E-state index contributed by atoms with van der Waals surface area (Å²) < 4.78 is 0. The van der Waals surface area contributed by atoms with Gasteiger partial charge in [0.15, 0.2) is 0 Å². The summed E-state index contributed by atoms with van der Waals surface area (Å²) in [6, 6.07) is 16.7. The van der Waals surface area contributed by atoms with Crippen LogP contribution in [0.25, 0.3) is 21.7 Å². The van der Waals surface area contributed by atoms with Gasteiger partial charge in [0.05, 0.1) is 5.52 Å². The average Bonchev–Trinajstić information content (AvgIpc) is 2.30. The first-order chi connectivity index (χ1) is 7.36. The highest BCUT2D eigenvalue weighted by atomic mass is 35.5. The van der Waals surface area contributed by atoms with E-state index in [0.717, 1.165) is 11.2 Å². The van der Waals surface area contributed by atoms with Crippen LogP contribution in [0.2, 0.25) is 0 Å². The third kappa shape index (κ3) is 1.54. The molecule has 0 aliphatic carbocycles. The van der Waals surface area contributed by atoms with Gasteiger partial charge in [0.2, 0.25) is 0 Å². The van der Waals surface area contributed by atoms with Gasteiger partial charge in [-0.25, -0.2) is 0 Å². The van der Waals surface area contributed by atoms with E-state index in [2.05, 4.69) is 54.4 Å². The smallest absolute Gasteiger partial charge is 0.0711 e. The minimum atomic E-state index is 0. The van der Waals surface area contributed by atoms with Gasteiger partial charge in [-0.2, -0.15) is 0 Å². The number of aromatic nitrogens is 1. The summed E-state index contributed by atoms with van der Waals surface area (Å²) in [5.41, 5.74) is 2.18. The predicted molar refractivity (Wildman–Crippen MR) is 71.2 cm³/mol. The van der Waals surface area contributed by atoms with Crippen molar-refractivity contribution in [2.75, 3.05) is 0 Å². The van der Waals surface area contributed by atoms with Crippen LogP contribution in [0.5, 0.6) is 0 Å². The Bertz CT molecular complexity index is 646. The zero-order valence-electron chi connectivity index (χ0n) is 8.97. The van der Waals surface area contributed by atoms with Gasteiger partial charge >= 0.3 is 0 Å². The molecular formula is C14H12ClN. The molecule has 16 heavy (non-hydrogen) atoms.